The van der Waals surface area contributed by atoms with Gasteiger partial charge in [-0.25, -0.2) is 0 Å². The van der Waals surface area contributed by atoms with Crippen LogP contribution in [0.5, 0.6) is 0 Å². The Hall–Kier alpha value is -0.730. The highest BCUT2D eigenvalue weighted by atomic mass is 15.4. The Morgan fingerprint density at radius 1 is 1.45 bits per heavy atom. The maximum Gasteiger partial charge on any atom is 0.196 e. The molecule has 0 amide bonds. The first kappa shape index (κ1) is 8.37. The fourth-order valence-corrected chi connectivity index (χ4v) is 1.51. The van der Waals surface area contributed by atoms with E-state index < -0.39 is 0 Å². The van der Waals surface area contributed by atoms with Crippen molar-refractivity contribution in [3.63, 3.8) is 0 Å². The Bertz CT molecular complexity index is 151. The van der Waals surface area contributed by atoms with E-state index in [0.717, 1.165) is 25.6 Å². The van der Waals surface area contributed by atoms with Gasteiger partial charge >= 0.3 is 0 Å². The molecule has 3 heteroatoms. The topological polar surface area (TPSA) is 18.8 Å². The van der Waals surface area contributed by atoms with E-state index in [1.54, 1.807) is 0 Å². The van der Waals surface area contributed by atoms with Crippen LogP contribution < -0.4 is 0 Å². The van der Waals surface area contributed by atoms with E-state index in [-0.39, 0.29) is 0 Å². The lowest BCUT2D eigenvalue weighted by atomic mass is 10.4. The van der Waals surface area contributed by atoms with E-state index in [1.165, 1.54) is 6.42 Å². The van der Waals surface area contributed by atoms with Gasteiger partial charge in [-0.1, -0.05) is 6.92 Å². The highest BCUT2D eigenvalue weighted by Gasteiger charge is 2.20. The van der Waals surface area contributed by atoms with E-state index >= 15 is 0 Å². The van der Waals surface area contributed by atoms with Crippen molar-refractivity contribution in [3.8, 4) is 0 Å². The summed E-state index contributed by atoms with van der Waals surface area (Å²) in [6, 6.07) is 0. The minimum Gasteiger partial charge on any atom is -0.344 e. The van der Waals surface area contributed by atoms with E-state index in [1.807, 2.05) is 7.05 Å². The average molecular weight is 155 g/mol. The van der Waals surface area contributed by atoms with Gasteiger partial charge in [0.05, 0.1) is 0 Å². The molecule has 0 aromatic heterocycles. The third-order valence-corrected chi connectivity index (χ3v) is 2.02. The molecule has 0 spiro atoms. The number of rotatable bonds is 2. The molecule has 1 rings (SSSR count). The molecule has 0 aliphatic carbocycles. The molecule has 11 heavy (non-hydrogen) atoms. The zero-order valence-electron chi connectivity index (χ0n) is 7.67. The van der Waals surface area contributed by atoms with Crippen molar-refractivity contribution < 1.29 is 0 Å². The van der Waals surface area contributed by atoms with Gasteiger partial charge < -0.3 is 9.80 Å². The van der Waals surface area contributed by atoms with Crippen LogP contribution in [-0.4, -0.2) is 49.5 Å². The Morgan fingerprint density at radius 2 is 2.18 bits per heavy atom. The van der Waals surface area contributed by atoms with Gasteiger partial charge in [0.15, 0.2) is 5.96 Å². The third-order valence-electron chi connectivity index (χ3n) is 2.02. The van der Waals surface area contributed by atoms with Gasteiger partial charge in [0.2, 0.25) is 0 Å². The molecule has 1 aliphatic rings. The molecule has 0 saturated carbocycles. The second kappa shape index (κ2) is 3.60. The molecular formula is C8H17N3. The van der Waals surface area contributed by atoms with E-state index in [0.29, 0.717) is 0 Å². The van der Waals surface area contributed by atoms with Crippen LogP contribution in [0.3, 0.4) is 0 Å². The van der Waals surface area contributed by atoms with Gasteiger partial charge in [-0.3, -0.25) is 4.99 Å². The normalized spacial score (nSPS) is 21.9. The van der Waals surface area contributed by atoms with Crippen LogP contribution in [0.15, 0.2) is 4.99 Å². The Morgan fingerprint density at radius 3 is 2.73 bits per heavy atom. The fourth-order valence-electron chi connectivity index (χ4n) is 1.51. The van der Waals surface area contributed by atoms with Crippen molar-refractivity contribution in [2.75, 3.05) is 33.7 Å². The zero-order chi connectivity index (χ0) is 8.27. The second-order valence-electron chi connectivity index (χ2n) is 2.93. The Kier molecular flexibility index (Phi) is 2.74. The fraction of sp³-hybridized carbons (Fsp3) is 0.875. The smallest absolute Gasteiger partial charge is 0.196 e. The van der Waals surface area contributed by atoms with Crippen LogP contribution in [0.1, 0.15) is 13.3 Å². The van der Waals surface area contributed by atoms with Crippen molar-refractivity contribution in [2.45, 2.75) is 13.3 Å². The molecule has 3 nitrogen and oxygen atoms in total. The molecule has 0 aromatic rings. The maximum absolute atomic E-state index is 4.24. The van der Waals surface area contributed by atoms with Crippen molar-refractivity contribution in [1.29, 1.82) is 0 Å². The van der Waals surface area contributed by atoms with Gasteiger partial charge in [-0.15, -0.1) is 0 Å². The third kappa shape index (κ3) is 1.64. The summed E-state index contributed by atoms with van der Waals surface area (Å²) in [7, 11) is 3.96. The van der Waals surface area contributed by atoms with Gasteiger partial charge in [0.25, 0.3) is 0 Å². The molecule has 0 aromatic carbocycles. The quantitative estimate of drug-likeness (QED) is 0.582. The molecule has 0 N–H and O–H groups in total. The van der Waals surface area contributed by atoms with Gasteiger partial charge in [0.1, 0.15) is 0 Å². The van der Waals surface area contributed by atoms with Gasteiger partial charge in [0, 0.05) is 33.7 Å². The summed E-state index contributed by atoms with van der Waals surface area (Å²) in [5, 5.41) is 0. The van der Waals surface area contributed by atoms with Gasteiger partial charge in [-0.05, 0) is 6.42 Å². The van der Waals surface area contributed by atoms with Crippen LogP contribution >= 0.6 is 0 Å². The summed E-state index contributed by atoms with van der Waals surface area (Å²) >= 11 is 0. The minimum absolute atomic E-state index is 1.12. The molecule has 1 aliphatic heterocycles. The molecule has 0 radical (unpaired) electrons. The molecule has 0 unspecified atom stereocenters. The molecule has 0 atom stereocenters. The van der Waals surface area contributed by atoms with Crippen LogP contribution in [0.2, 0.25) is 0 Å². The van der Waals surface area contributed by atoms with Crippen LogP contribution in [0.25, 0.3) is 0 Å². The lowest BCUT2D eigenvalue weighted by Gasteiger charge is -2.18. The van der Waals surface area contributed by atoms with Gasteiger partial charge in [-0.2, -0.15) is 0 Å². The standard InChI is InChI=1S/C8H17N3/c1-4-5-11-7-6-10(3)8(11)9-2/h4-7H2,1-3H3/b9-8+. The van der Waals surface area contributed by atoms with E-state index in [9.17, 15) is 0 Å². The number of hydrogen-bond acceptors (Lipinski definition) is 1. The Labute approximate surface area is 68.7 Å². The number of nitrogens with zero attached hydrogens (tertiary/aromatic N) is 3. The molecule has 1 heterocycles. The molecular weight excluding hydrogens is 138 g/mol. The van der Waals surface area contributed by atoms with Crippen molar-refractivity contribution in [2.24, 2.45) is 4.99 Å². The largest absolute Gasteiger partial charge is 0.344 e. The lowest BCUT2D eigenvalue weighted by Crippen LogP contribution is -2.31. The summed E-state index contributed by atoms with van der Waals surface area (Å²) in [6.45, 7) is 5.59. The number of hydrogen-bond donors (Lipinski definition) is 0. The van der Waals surface area contributed by atoms with Crippen molar-refractivity contribution in [1.82, 2.24) is 9.80 Å². The van der Waals surface area contributed by atoms with Crippen molar-refractivity contribution in [3.05, 3.63) is 0 Å². The number of guanidine groups is 1. The lowest BCUT2D eigenvalue weighted by molar-refractivity contribution is 0.459. The minimum atomic E-state index is 1.12. The summed E-state index contributed by atoms with van der Waals surface area (Å²) in [5.74, 6) is 1.15. The summed E-state index contributed by atoms with van der Waals surface area (Å²) < 4.78 is 0. The van der Waals surface area contributed by atoms with E-state index in [4.69, 9.17) is 0 Å². The highest BCUT2D eigenvalue weighted by molar-refractivity contribution is 5.81. The predicted octanol–water partition coefficient (Wildman–Crippen LogP) is 0.630. The van der Waals surface area contributed by atoms with E-state index in [2.05, 4.69) is 28.8 Å². The molecule has 1 fully saturated rings. The number of aliphatic imine (C=N–C) groups is 1. The molecule has 0 bridgehead atoms. The first-order valence-corrected chi connectivity index (χ1v) is 4.22. The predicted molar refractivity (Wildman–Crippen MR) is 47.9 cm³/mol. The Balaban J connectivity index is 2.55. The SMILES string of the molecule is CCCN1CCN(C)/C1=N\C. The monoisotopic (exact) mass is 155 g/mol. The van der Waals surface area contributed by atoms with Crippen LogP contribution in [-0.2, 0) is 0 Å². The van der Waals surface area contributed by atoms with Crippen molar-refractivity contribution >= 4 is 5.96 Å². The van der Waals surface area contributed by atoms with Crippen LogP contribution in [0.4, 0.5) is 0 Å². The summed E-state index contributed by atoms with van der Waals surface area (Å²) in [5.41, 5.74) is 0. The first-order valence-electron chi connectivity index (χ1n) is 4.22. The van der Waals surface area contributed by atoms with Crippen LogP contribution in [0, 0.1) is 0 Å². The summed E-state index contributed by atoms with van der Waals surface area (Å²) in [6.07, 6.45) is 1.20. The number of likely N-dealkylation sites (N-methyl/N-ethyl adjacent to an activating group) is 1. The molecule has 64 valence electrons. The second-order valence-corrected chi connectivity index (χ2v) is 2.93. The first-order chi connectivity index (χ1) is 5.29. The average Bonchev–Trinajstić information content (AvgIpc) is 2.33. The maximum atomic E-state index is 4.24. The molecule has 1 saturated heterocycles. The zero-order valence-corrected chi connectivity index (χ0v) is 7.67. The highest BCUT2D eigenvalue weighted by Crippen LogP contribution is 2.05. The summed E-state index contributed by atoms with van der Waals surface area (Å²) in [4.78, 5) is 8.77.